The van der Waals surface area contributed by atoms with Crippen molar-refractivity contribution in [3.63, 3.8) is 0 Å². The Morgan fingerprint density at radius 1 is 1.42 bits per heavy atom. The van der Waals surface area contributed by atoms with Crippen LogP contribution in [0.2, 0.25) is 0 Å². The molecule has 1 heterocycles. The lowest BCUT2D eigenvalue weighted by Crippen LogP contribution is -2.30. The van der Waals surface area contributed by atoms with E-state index in [1.54, 1.807) is 14.0 Å². The predicted octanol–water partition coefficient (Wildman–Crippen LogP) is 2.81. The van der Waals surface area contributed by atoms with Gasteiger partial charge in [0.25, 0.3) is 0 Å². The summed E-state index contributed by atoms with van der Waals surface area (Å²) in [5.74, 6) is 0.0643. The Labute approximate surface area is 114 Å². The van der Waals surface area contributed by atoms with Crippen molar-refractivity contribution in [2.24, 2.45) is 0 Å². The number of carbonyl (C=O) groups excluding carboxylic acids is 1. The van der Waals surface area contributed by atoms with Gasteiger partial charge in [-0.2, -0.15) is 5.06 Å². The van der Waals surface area contributed by atoms with Crippen LogP contribution in [-0.2, 0) is 4.79 Å². The Morgan fingerprint density at radius 2 is 2.11 bits per heavy atom. The smallest absolute Gasteiger partial charge is 0.223 e. The standard InChI is InChI=1S/C15H22N2O2/c1-10-8-11(2)15-13(9-10)14(16(4)19)6-5-7-17(15)12(3)18/h8-9,14,19H,5-7H2,1-4H3. The van der Waals surface area contributed by atoms with Gasteiger partial charge in [0.05, 0.1) is 11.7 Å². The molecule has 2 rings (SSSR count). The fourth-order valence-corrected chi connectivity index (χ4v) is 3.03. The third kappa shape index (κ3) is 2.65. The van der Waals surface area contributed by atoms with Crippen LogP contribution in [0.1, 0.15) is 42.5 Å². The van der Waals surface area contributed by atoms with E-state index in [0.717, 1.165) is 41.8 Å². The van der Waals surface area contributed by atoms with Crippen LogP contribution in [0.5, 0.6) is 0 Å². The van der Waals surface area contributed by atoms with Gasteiger partial charge in [0.1, 0.15) is 0 Å². The quantitative estimate of drug-likeness (QED) is 0.791. The first kappa shape index (κ1) is 14.0. The van der Waals surface area contributed by atoms with Gasteiger partial charge in [0.2, 0.25) is 5.91 Å². The Kier molecular flexibility index (Phi) is 3.92. The van der Waals surface area contributed by atoms with Gasteiger partial charge in [0.15, 0.2) is 0 Å². The van der Waals surface area contributed by atoms with E-state index in [-0.39, 0.29) is 11.9 Å². The second-order valence-electron chi connectivity index (χ2n) is 5.42. The maximum Gasteiger partial charge on any atom is 0.223 e. The van der Waals surface area contributed by atoms with E-state index in [9.17, 15) is 10.0 Å². The summed E-state index contributed by atoms with van der Waals surface area (Å²) in [4.78, 5) is 13.7. The number of hydrogen-bond acceptors (Lipinski definition) is 3. The van der Waals surface area contributed by atoms with E-state index in [1.807, 2.05) is 18.7 Å². The molecule has 0 saturated carbocycles. The van der Waals surface area contributed by atoms with E-state index in [1.165, 1.54) is 5.06 Å². The minimum absolute atomic E-state index is 0.0436. The third-order valence-electron chi connectivity index (χ3n) is 3.79. The molecule has 104 valence electrons. The van der Waals surface area contributed by atoms with Crippen LogP contribution in [0, 0.1) is 13.8 Å². The molecule has 1 N–H and O–H groups in total. The molecule has 1 aliphatic heterocycles. The number of nitrogens with zero attached hydrogens (tertiary/aromatic N) is 2. The molecule has 1 aliphatic rings. The highest BCUT2D eigenvalue weighted by molar-refractivity contribution is 5.93. The molecule has 1 aromatic carbocycles. The van der Waals surface area contributed by atoms with E-state index in [4.69, 9.17) is 0 Å². The van der Waals surface area contributed by atoms with Crippen molar-refractivity contribution >= 4 is 11.6 Å². The molecule has 1 unspecified atom stereocenters. The molecule has 0 bridgehead atoms. The summed E-state index contributed by atoms with van der Waals surface area (Å²) in [5.41, 5.74) is 4.28. The van der Waals surface area contributed by atoms with Gasteiger partial charge in [-0.3, -0.25) is 4.79 Å². The zero-order valence-corrected chi connectivity index (χ0v) is 12.1. The van der Waals surface area contributed by atoms with Crippen molar-refractivity contribution in [2.45, 2.75) is 39.7 Å². The summed E-state index contributed by atoms with van der Waals surface area (Å²) in [6.07, 6.45) is 1.75. The van der Waals surface area contributed by atoms with Crippen molar-refractivity contribution in [3.05, 3.63) is 28.8 Å². The van der Waals surface area contributed by atoms with Gasteiger partial charge in [-0.15, -0.1) is 0 Å². The lowest BCUT2D eigenvalue weighted by molar-refractivity contribution is -0.116. The molecular weight excluding hydrogens is 240 g/mol. The molecule has 4 heteroatoms. The third-order valence-corrected chi connectivity index (χ3v) is 3.79. The second-order valence-corrected chi connectivity index (χ2v) is 5.42. The van der Waals surface area contributed by atoms with Crippen LogP contribution in [0.3, 0.4) is 0 Å². The number of amides is 1. The van der Waals surface area contributed by atoms with Crippen LogP contribution < -0.4 is 4.90 Å². The molecular formula is C15H22N2O2. The lowest BCUT2D eigenvalue weighted by Gasteiger charge is -2.27. The van der Waals surface area contributed by atoms with Crippen molar-refractivity contribution in [1.82, 2.24) is 5.06 Å². The van der Waals surface area contributed by atoms with Crippen LogP contribution in [-0.4, -0.2) is 29.8 Å². The van der Waals surface area contributed by atoms with Gasteiger partial charge < -0.3 is 10.1 Å². The number of anilines is 1. The number of hydrogen-bond donors (Lipinski definition) is 1. The summed E-state index contributed by atoms with van der Waals surface area (Å²) < 4.78 is 0. The Hall–Kier alpha value is -1.39. The van der Waals surface area contributed by atoms with Crippen molar-refractivity contribution in [3.8, 4) is 0 Å². The molecule has 0 radical (unpaired) electrons. The molecule has 0 aromatic heterocycles. The number of carbonyl (C=O) groups is 1. The van der Waals surface area contributed by atoms with Crippen molar-refractivity contribution in [1.29, 1.82) is 0 Å². The van der Waals surface area contributed by atoms with E-state index < -0.39 is 0 Å². The largest absolute Gasteiger partial charge is 0.314 e. The number of benzene rings is 1. The average molecular weight is 262 g/mol. The summed E-state index contributed by atoms with van der Waals surface area (Å²) in [5, 5.41) is 11.2. The summed E-state index contributed by atoms with van der Waals surface area (Å²) in [6.45, 7) is 6.40. The maximum absolute atomic E-state index is 11.9. The van der Waals surface area contributed by atoms with Crippen LogP contribution in [0.15, 0.2) is 12.1 Å². The molecule has 1 atom stereocenters. The molecule has 0 spiro atoms. The molecule has 19 heavy (non-hydrogen) atoms. The maximum atomic E-state index is 11.9. The SMILES string of the molecule is CC(=O)N1CCCC(N(C)O)c2cc(C)cc(C)c21. The van der Waals surface area contributed by atoms with Crippen molar-refractivity contribution in [2.75, 3.05) is 18.5 Å². The summed E-state index contributed by atoms with van der Waals surface area (Å²) in [6, 6.07) is 4.13. The zero-order chi connectivity index (χ0) is 14.2. The van der Waals surface area contributed by atoms with Crippen molar-refractivity contribution < 1.29 is 10.0 Å². The van der Waals surface area contributed by atoms with Gasteiger partial charge in [-0.1, -0.05) is 17.7 Å². The fourth-order valence-electron chi connectivity index (χ4n) is 3.03. The second kappa shape index (κ2) is 5.31. The normalized spacial score (nSPS) is 19.3. The Morgan fingerprint density at radius 3 is 2.68 bits per heavy atom. The van der Waals surface area contributed by atoms with Gasteiger partial charge in [-0.25, -0.2) is 0 Å². The molecule has 0 fully saturated rings. The highest BCUT2D eigenvalue weighted by Gasteiger charge is 2.28. The average Bonchev–Trinajstić information content (AvgIpc) is 2.48. The Balaban J connectivity index is 2.63. The van der Waals surface area contributed by atoms with Crippen LogP contribution in [0.25, 0.3) is 0 Å². The molecule has 1 amide bonds. The van der Waals surface area contributed by atoms with Crippen LogP contribution in [0.4, 0.5) is 5.69 Å². The van der Waals surface area contributed by atoms with Gasteiger partial charge in [-0.05, 0) is 37.8 Å². The van der Waals surface area contributed by atoms with Gasteiger partial charge >= 0.3 is 0 Å². The minimum Gasteiger partial charge on any atom is -0.314 e. The summed E-state index contributed by atoms with van der Waals surface area (Å²) in [7, 11) is 1.68. The van der Waals surface area contributed by atoms with Crippen LogP contribution >= 0.6 is 0 Å². The first-order chi connectivity index (χ1) is 8.91. The first-order valence-corrected chi connectivity index (χ1v) is 6.72. The fraction of sp³-hybridized carbons (Fsp3) is 0.533. The molecule has 4 nitrogen and oxygen atoms in total. The molecule has 0 aliphatic carbocycles. The highest BCUT2D eigenvalue weighted by Crippen LogP contribution is 2.38. The summed E-state index contributed by atoms with van der Waals surface area (Å²) >= 11 is 0. The van der Waals surface area contributed by atoms with Gasteiger partial charge in [0, 0.05) is 20.5 Å². The Bertz CT molecular complexity index is 497. The van der Waals surface area contributed by atoms with E-state index >= 15 is 0 Å². The number of aryl methyl sites for hydroxylation is 2. The number of hydroxylamine groups is 2. The number of rotatable bonds is 1. The minimum atomic E-state index is -0.0436. The predicted molar refractivity (Wildman–Crippen MR) is 75.5 cm³/mol. The molecule has 0 saturated heterocycles. The first-order valence-electron chi connectivity index (χ1n) is 6.72. The van der Waals surface area contributed by atoms with E-state index in [0.29, 0.717) is 0 Å². The molecule has 1 aromatic rings. The zero-order valence-electron chi connectivity index (χ0n) is 12.1. The lowest BCUT2D eigenvalue weighted by atomic mass is 9.96. The monoisotopic (exact) mass is 262 g/mol. The number of fused-ring (bicyclic) bond motifs is 1. The highest BCUT2D eigenvalue weighted by atomic mass is 16.5. The topological polar surface area (TPSA) is 43.8 Å². The van der Waals surface area contributed by atoms with E-state index in [2.05, 4.69) is 12.1 Å².